The van der Waals surface area contributed by atoms with Crippen LogP contribution in [-0.2, 0) is 19.1 Å². The first-order valence-electron chi connectivity index (χ1n) is 11.2. The largest absolute Gasteiger partial charge is 0.478 e. The fraction of sp³-hybridized carbons (Fsp3) is 0.783. The van der Waals surface area contributed by atoms with Crippen LogP contribution in [-0.4, -0.2) is 46.4 Å². The molecule has 1 atom stereocenters. The molecule has 7 heteroatoms. The summed E-state index contributed by atoms with van der Waals surface area (Å²) < 4.78 is 4.62. The first kappa shape index (κ1) is 30.3. The van der Waals surface area contributed by atoms with Gasteiger partial charge in [0.1, 0.15) is 0 Å². The zero-order chi connectivity index (χ0) is 23.0. The second-order valence-corrected chi connectivity index (χ2v) is 7.46. The lowest BCUT2D eigenvalue weighted by molar-refractivity contribution is -0.140. The molecule has 0 aromatic rings. The van der Waals surface area contributed by atoms with Crippen molar-refractivity contribution in [2.75, 3.05) is 7.11 Å². The van der Waals surface area contributed by atoms with Gasteiger partial charge in [0, 0.05) is 18.6 Å². The summed E-state index contributed by atoms with van der Waals surface area (Å²) in [5.41, 5.74) is 0. The molecule has 0 saturated carbocycles. The van der Waals surface area contributed by atoms with Gasteiger partial charge in [-0.25, -0.2) is 9.59 Å². The van der Waals surface area contributed by atoms with Crippen LogP contribution in [0.25, 0.3) is 0 Å². The van der Waals surface area contributed by atoms with E-state index in [9.17, 15) is 19.5 Å². The molecule has 0 amide bonds. The van der Waals surface area contributed by atoms with Crippen LogP contribution in [0.1, 0.15) is 103 Å². The third-order valence-electron chi connectivity index (χ3n) is 4.66. The lowest BCUT2D eigenvalue weighted by atomic mass is 10.0. The molecule has 0 aliphatic rings. The molecule has 176 valence electrons. The molecule has 0 spiro atoms. The summed E-state index contributed by atoms with van der Waals surface area (Å²) in [7, 11) is 1.45. The maximum absolute atomic E-state index is 10.9. The predicted molar refractivity (Wildman–Crippen MR) is 117 cm³/mol. The molecule has 30 heavy (non-hydrogen) atoms. The number of rotatable bonds is 18. The van der Waals surface area contributed by atoms with E-state index in [0.29, 0.717) is 18.6 Å². The van der Waals surface area contributed by atoms with Crippen molar-refractivity contribution in [3.05, 3.63) is 12.2 Å². The number of methoxy groups -OCH3 is 1. The number of carboxylic acids is 2. The third-order valence-corrected chi connectivity index (χ3v) is 4.66. The quantitative estimate of drug-likeness (QED) is 0.157. The first-order valence-corrected chi connectivity index (χ1v) is 11.2. The van der Waals surface area contributed by atoms with Gasteiger partial charge in [-0.3, -0.25) is 4.79 Å². The van der Waals surface area contributed by atoms with E-state index in [-0.39, 0.29) is 12.1 Å². The summed E-state index contributed by atoms with van der Waals surface area (Å²) in [5, 5.41) is 25.5. The highest BCUT2D eigenvalue weighted by Gasteiger charge is 2.03. The van der Waals surface area contributed by atoms with E-state index in [2.05, 4.69) is 11.7 Å². The van der Waals surface area contributed by atoms with Crippen LogP contribution in [0.15, 0.2) is 12.2 Å². The highest BCUT2D eigenvalue weighted by atomic mass is 16.5. The topological polar surface area (TPSA) is 121 Å². The summed E-state index contributed by atoms with van der Waals surface area (Å²) >= 11 is 0. The average molecular weight is 431 g/mol. The summed E-state index contributed by atoms with van der Waals surface area (Å²) in [4.78, 5) is 30.0. The van der Waals surface area contributed by atoms with Crippen molar-refractivity contribution in [3.8, 4) is 0 Å². The van der Waals surface area contributed by atoms with Crippen molar-refractivity contribution in [1.29, 1.82) is 0 Å². The molecule has 0 fully saturated rings. The maximum atomic E-state index is 10.9. The highest BCUT2D eigenvalue weighted by molar-refractivity contribution is 5.89. The van der Waals surface area contributed by atoms with Gasteiger partial charge in [-0.1, -0.05) is 77.6 Å². The standard InChI is InChI=1S/C19H38O3.C4H4O4/c1-3-4-5-12-15-18(20)16-13-10-8-6-7-9-11-14-17-19(21)22-2;5-3(6)1-2-4(7)8/h18,20H,3-17H2,1-2H3;1-2H,(H,5,6)(H,7,8)/b;2-1-. The Morgan fingerprint density at radius 3 is 1.53 bits per heavy atom. The van der Waals surface area contributed by atoms with Crippen LogP contribution in [0.5, 0.6) is 0 Å². The number of aliphatic hydroxyl groups excluding tert-OH is 1. The Bertz CT molecular complexity index is 444. The second-order valence-electron chi connectivity index (χ2n) is 7.46. The third kappa shape index (κ3) is 28.3. The molecule has 0 radical (unpaired) electrons. The van der Waals surface area contributed by atoms with E-state index in [1.54, 1.807) is 0 Å². The molecular weight excluding hydrogens is 388 g/mol. The number of esters is 1. The van der Waals surface area contributed by atoms with Gasteiger partial charge in [0.05, 0.1) is 13.2 Å². The van der Waals surface area contributed by atoms with Crippen molar-refractivity contribution in [1.82, 2.24) is 0 Å². The number of aliphatic hydroxyl groups is 1. The van der Waals surface area contributed by atoms with Crippen LogP contribution in [0, 0.1) is 0 Å². The van der Waals surface area contributed by atoms with Gasteiger partial charge < -0.3 is 20.1 Å². The van der Waals surface area contributed by atoms with E-state index < -0.39 is 11.9 Å². The molecule has 3 N–H and O–H groups in total. The summed E-state index contributed by atoms with van der Waals surface area (Å²) in [6, 6.07) is 0. The predicted octanol–water partition coefficient (Wildman–Crippen LogP) is 5.10. The number of aliphatic carboxylic acids is 2. The Kier molecular flexibility index (Phi) is 23.6. The van der Waals surface area contributed by atoms with Crippen LogP contribution < -0.4 is 0 Å². The Morgan fingerprint density at radius 1 is 0.733 bits per heavy atom. The minimum Gasteiger partial charge on any atom is -0.478 e. The van der Waals surface area contributed by atoms with Crippen LogP contribution in [0.2, 0.25) is 0 Å². The Morgan fingerprint density at radius 2 is 1.13 bits per heavy atom. The number of unbranched alkanes of at least 4 members (excludes halogenated alkanes) is 10. The fourth-order valence-corrected chi connectivity index (χ4v) is 2.91. The summed E-state index contributed by atoms with van der Waals surface area (Å²) in [6.45, 7) is 2.22. The normalized spacial score (nSPS) is 11.6. The number of hydrogen-bond acceptors (Lipinski definition) is 5. The molecule has 0 aromatic heterocycles. The molecule has 7 nitrogen and oxygen atoms in total. The number of hydrogen-bond donors (Lipinski definition) is 3. The van der Waals surface area contributed by atoms with E-state index >= 15 is 0 Å². The lowest BCUT2D eigenvalue weighted by Crippen LogP contribution is -2.05. The molecule has 0 heterocycles. The van der Waals surface area contributed by atoms with Crippen LogP contribution >= 0.6 is 0 Å². The first-order chi connectivity index (χ1) is 14.3. The molecular formula is C23H42O7. The number of carbonyl (C=O) groups excluding carboxylic acids is 1. The van der Waals surface area contributed by atoms with E-state index in [1.807, 2.05) is 0 Å². The van der Waals surface area contributed by atoms with Crippen LogP contribution in [0.4, 0.5) is 0 Å². The maximum Gasteiger partial charge on any atom is 0.328 e. The summed E-state index contributed by atoms with van der Waals surface area (Å²) in [6.07, 6.45) is 18.1. The number of carbonyl (C=O) groups is 3. The average Bonchev–Trinajstić information content (AvgIpc) is 2.71. The molecule has 0 aromatic carbocycles. The van der Waals surface area contributed by atoms with E-state index in [1.165, 1.54) is 64.9 Å². The zero-order valence-corrected chi connectivity index (χ0v) is 18.8. The number of carboxylic acid groups (broad SMARTS) is 2. The lowest BCUT2D eigenvalue weighted by Gasteiger charge is -2.10. The molecule has 1 unspecified atom stereocenters. The molecule has 0 saturated heterocycles. The smallest absolute Gasteiger partial charge is 0.328 e. The fourth-order valence-electron chi connectivity index (χ4n) is 2.91. The van der Waals surface area contributed by atoms with Gasteiger partial charge in [0.2, 0.25) is 0 Å². The zero-order valence-electron chi connectivity index (χ0n) is 18.8. The highest BCUT2D eigenvalue weighted by Crippen LogP contribution is 2.14. The minimum absolute atomic E-state index is 0.0739. The molecule has 0 rings (SSSR count). The minimum atomic E-state index is -1.26. The van der Waals surface area contributed by atoms with Crippen molar-refractivity contribution in [2.45, 2.75) is 109 Å². The van der Waals surface area contributed by atoms with Crippen LogP contribution in [0.3, 0.4) is 0 Å². The van der Waals surface area contributed by atoms with Gasteiger partial charge >= 0.3 is 17.9 Å². The van der Waals surface area contributed by atoms with E-state index in [0.717, 1.165) is 32.1 Å². The van der Waals surface area contributed by atoms with Gasteiger partial charge in [-0.05, 0) is 19.3 Å². The number of ether oxygens (including phenoxy) is 1. The SMILES string of the molecule is CCCCCCC(O)CCCCCCCCCCC(=O)OC.O=C(O)/C=C\C(=O)O. The Balaban J connectivity index is 0. The van der Waals surface area contributed by atoms with E-state index in [4.69, 9.17) is 10.2 Å². The van der Waals surface area contributed by atoms with Gasteiger partial charge in [0.15, 0.2) is 0 Å². The molecule has 0 aliphatic carbocycles. The van der Waals surface area contributed by atoms with Crippen molar-refractivity contribution in [2.24, 2.45) is 0 Å². The Labute approximate surface area is 181 Å². The van der Waals surface area contributed by atoms with Gasteiger partial charge in [0.25, 0.3) is 0 Å². The van der Waals surface area contributed by atoms with Crippen molar-refractivity contribution >= 4 is 17.9 Å². The summed E-state index contributed by atoms with van der Waals surface area (Å²) in [5.74, 6) is -2.60. The van der Waals surface area contributed by atoms with Gasteiger partial charge in [-0.15, -0.1) is 0 Å². The van der Waals surface area contributed by atoms with Crippen molar-refractivity contribution < 1.29 is 34.4 Å². The Hall–Kier alpha value is -1.89. The molecule has 0 aliphatic heterocycles. The molecule has 0 bridgehead atoms. The monoisotopic (exact) mass is 430 g/mol. The second kappa shape index (κ2) is 23.4. The van der Waals surface area contributed by atoms with Gasteiger partial charge in [-0.2, -0.15) is 0 Å². The van der Waals surface area contributed by atoms with Crippen molar-refractivity contribution in [3.63, 3.8) is 0 Å².